The number of amides is 1. The van der Waals surface area contributed by atoms with Crippen LogP contribution in [-0.4, -0.2) is 89.8 Å². The minimum absolute atomic E-state index is 0.0348. The molecule has 1 amide bonds. The lowest BCUT2D eigenvalue weighted by Crippen LogP contribution is -2.45. The number of piperidine rings is 2. The summed E-state index contributed by atoms with van der Waals surface area (Å²) >= 11 is 0. The second-order valence-electron chi connectivity index (χ2n) is 12.5. The largest absolute Gasteiger partial charge is 0.453 e. The topological polar surface area (TPSA) is 88.0 Å². The summed E-state index contributed by atoms with van der Waals surface area (Å²) in [6.07, 6.45) is 10.1. The van der Waals surface area contributed by atoms with Crippen molar-refractivity contribution in [2.45, 2.75) is 82.0 Å². The van der Waals surface area contributed by atoms with E-state index in [0.29, 0.717) is 62.7 Å². The number of carbonyl (C=O) groups excluding carboxylic acids is 1. The van der Waals surface area contributed by atoms with Gasteiger partial charge >= 0.3 is 6.09 Å². The maximum Gasteiger partial charge on any atom is 0.409 e. The van der Waals surface area contributed by atoms with Crippen LogP contribution in [-0.2, 0) is 27.7 Å². The summed E-state index contributed by atoms with van der Waals surface area (Å²) in [5.74, 6) is -1.00. The van der Waals surface area contributed by atoms with Gasteiger partial charge < -0.3 is 14.2 Å². The van der Waals surface area contributed by atoms with Crippen LogP contribution < -0.4 is 0 Å². The molecule has 6 rings (SSSR count). The number of ether oxygens (including phenoxy) is 1. The summed E-state index contributed by atoms with van der Waals surface area (Å²) < 4.78 is 61.5. The Balaban J connectivity index is 1.14. The van der Waals surface area contributed by atoms with Gasteiger partial charge in [0.1, 0.15) is 11.6 Å². The molecule has 0 aliphatic carbocycles. The van der Waals surface area contributed by atoms with Gasteiger partial charge in [-0.2, -0.15) is 0 Å². The second-order valence-corrected chi connectivity index (χ2v) is 14.5. The van der Waals surface area contributed by atoms with Gasteiger partial charge in [0.15, 0.2) is 0 Å². The maximum absolute atomic E-state index is 14.3. The van der Waals surface area contributed by atoms with Crippen LogP contribution in [0.2, 0.25) is 0 Å². The third-order valence-electron chi connectivity index (χ3n) is 10.2. The monoisotopic (exact) mass is 605 g/mol. The van der Waals surface area contributed by atoms with Crippen LogP contribution in [0.4, 0.5) is 13.6 Å². The Hall–Kier alpha value is -2.57. The number of hydrogen-bond acceptors (Lipinski definition) is 6. The van der Waals surface area contributed by atoms with E-state index in [2.05, 4.69) is 14.5 Å². The quantitative estimate of drug-likeness (QED) is 0.468. The molecular weight excluding hydrogens is 564 g/mol. The van der Waals surface area contributed by atoms with E-state index in [1.807, 2.05) is 6.33 Å². The molecule has 3 fully saturated rings. The number of nitrogens with zero attached hydrogens (tertiary/aromatic N) is 5. The molecule has 4 aliphatic rings. The van der Waals surface area contributed by atoms with Crippen molar-refractivity contribution >= 4 is 16.1 Å². The first kappa shape index (κ1) is 29.5. The van der Waals surface area contributed by atoms with E-state index in [-0.39, 0.29) is 17.9 Å². The minimum Gasteiger partial charge on any atom is -0.453 e. The molecule has 1 unspecified atom stereocenters. The highest BCUT2D eigenvalue weighted by atomic mass is 32.2. The van der Waals surface area contributed by atoms with Crippen LogP contribution >= 0.6 is 0 Å². The molecule has 9 nitrogen and oxygen atoms in total. The molecule has 5 heterocycles. The fraction of sp³-hybridized carbons (Fsp3) is 0.667. The van der Waals surface area contributed by atoms with E-state index in [4.69, 9.17) is 4.74 Å². The summed E-state index contributed by atoms with van der Waals surface area (Å²) in [6, 6.07) is 5.09. The third-order valence-corrected chi connectivity index (χ3v) is 11.5. The average molecular weight is 606 g/mol. The van der Waals surface area contributed by atoms with Gasteiger partial charge in [-0.05, 0) is 81.0 Å². The highest BCUT2D eigenvalue weighted by molar-refractivity contribution is 7.88. The first-order chi connectivity index (χ1) is 20.1. The Labute approximate surface area is 246 Å². The smallest absolute Gasteiger partial charge is 0.409 e. The zero-order valence-electron chi connectivity index (χ0n) is 24.4. The Morgan fingerprint density at radius 2 is 1.69 bits per heavy atom. The van der Waals surface area contributed by atoms with E-state index >= 15 is 0 Å². The Morgan fingerprint density at radius 1 is 1.02 bits per heavy atom. The van der Waals surface area contributed by atoms with E-state index in [9.17, 15) is 22.0 Å². The van der Waals surface area contributed by atoms with Crippen molar-refractivity contribution in [3.63, 3.8) is 0 Å². The van der Waals surface area contributed by atoms with Gasteiger partial charge in [0, 0.05) is 55.9 Å². The van der Waals surface area contributed by atoms with Gasteiger partial charge in [-0.25, -0.2) is 31.3 Å². The van der Waals surface area contributed by atoms with Gasteiger partial charge in [-0.3, -0.25) is 4.90 Å². The number of halogens is 2. The van der Waals surface area contributed by atoms with Crippen molar-refractivity contribution in [1.82, 2.24) is 23.7 Å². The number of sulfonamides is 1. The number of benzene rings is 1. The van der Waals surface area contributed by atoms with Crippen LogP contribution in [0.3, 0.4) is 0 Å². The standard InChI is InChI=1S/C30H41F2N5O4S/c1-41-30(38)34-9-8-29-28(18-34)33-19-37(29)26-16-24-3-4-25(17-26)36(24)12-7-27(21-13-22(31)15-23(32)14-21)20-5-10-35(11-6-20)42(2,39)40/h13-15,19-20,24-27H,3-12,16-18H2,1-2H3/t24-,25+,26?,27-/m1/s1. The lowest BCUT2D eigenvalue weighted by Gasteiger charge is -2.42. The molecule has 0 radical (unpaired) electrons. The van der Waals surface area contributed by atoms with Crippen molar-refractivity contribution < 1.29 is 26.7 Å². The second kappa shape index (κ2) is 11.8. The number of hydrogen-bond donors (Lipinski definition) is 0. The predicted octanol–water partition coefficient (Wildman–Crippen LogP) is 4.30. The predicted molar refractivity (Wildman–Crippen MR) is 153 cm³/mol. The van der Waals surface area contributed by atoms with Gasteiger partial charge in [-0.15, -0.1) is 0 Å². The van der Waals surface area contributed by atoms with Crippen molar-refractivity contribution in [3.8, 4) is 0 Å². The van der Waals surface area contributed by atoms with Crippen LogP contribution in [0.5, 0.6) is 0 Å². The number of fused-ring (bicyclic) bond motifs is 3. The first-order valence-electron chi connectivity index (χ1n) is 15.1. The Kier molecular flexibility index (Phi) is 8.32. The zero-order valence-corrected chi connectivity index (χ0v) is 25.2. The van der Waals surface area contributed by atoms with Crippen molar-refractivity contribution in [3.05, 3.63) is 53.1 Å². The molecule has 2 bridgehead atoms. The number of rotatable bonds is 7. The van der Waals surface area contributed by atoms with Crippen LogP contribution in [0.25, 0.3) is 0 Å². The van der Waals surface area contributed by atoms with Crippen LogP contribution in [0, 0.1) is 17.6 Å². The van der Waals surface area contributed by atoms with Gasteiger partial charge in [0.25, 0.3) is 0 Å². The third kappa shape index (κ3) is 5.94. The van der Waals surface area contributed by atoms with Gasteiger partial charge in [0.2, 0.25) is 10.0 Å². The summed E-state index contributed by atoms with van der Waals surface area (Å²) in [4.78, 5) is 21.0. The normalized spacial score (nSPS) is 26.3. The molecule has 230 valence electrons. The number of imidazole rings is 1. The lowest BCUT2D eigenvalue weighted by atomic mass is 9.78. The maximum atomic E-state index is 14.3. The van der Waals surface area contributed by atoms with E-state index in [0.717, 1.165) is 56.8 Å². The molecule has 2 aromatic rings. The molecule has 0 saturated carbocycles. The van der Waals surface area contributed by atoms with Crippen LogP contribution in [0.1, 0.15) is 73.9 Å². The Morgan fingerprint density at radius 3 is 2.31 bits per heavy atom. The average Bonchev–Trinajstić information content (AvgIpc) is 3.48. The van der Waals surface area contributed by atoms with E-state index in [1.165, 1.54) is 35.5 Å². The first-order valence-corrected chi connectivity index (χ1v) is 17.0. The molecule has 0 spiro atoms. The van der Waals surface area contributed by atoms with E-state index in [1.54, 1.807) is 4.90 Å². The SMILES string of the molecule is COC(=O)N1CCc2c(ncn2C2C[C@H]3CC[C@@H](C2)N3CC[C@@H](c2cc(F)cc(F)c2)C2CCN(S(C)(=O)=O)CC2)C1. The minimum atomic E-state index is -3.25. The molecule has 4 atom stereocenters. The summed E-state index contributed by atoms with van der Waals surface area (Å²) in [5.41, 5.74) is 2.86. The fourth-order valence-electron chi connectivity index (χ4n) is 8.13. The molecule has 4 aliphatic heterocycles. The van der Waals surface area contributed by atoms with Crippen molar-refractivity contribution in [2.75, 3.05) is 39.5 Å². The van der Waals surface area contributed by atoms with Gasteiger partial charge in [-0.1, -0.05) is 0 Å². The molecule has 12 heteroatoms. The zero-order chi connectivity index (χ0) is 29.6. The van der Waals surface area contributed by atoms with Crippen LogP contribution in [0.15, 0.2) is 24.5 Å². The van der Waals surface area contributed by atoms with E-state index < -0.39 is 21.7 Å². The Bertz CT molecular complexity index is 1380. The molecule has 1 aromatic carbocycles. The van der Waals surface area contributed by atoms with Gasteiger partial charge in [0.05, 0.1) is 31.9 Å². The lowest BCUT2D eigenvalue weighted by molar-refractivity contribution is 0.0960. The molecule has 3 saturated heterocycles. The molecule has 42 heavy (non-hydrogen) atoms. The summed E-state index contributed by atoms with van der Waals surface area (Å²) in [6.45, 7) is 2.85. The highest BCUT2D eigenvalue weighted by Crippen LogP contribution is 2.44. The number of methoxy groups -OCH3 is 1. The fourth-order valence-corrected chi connectivity index (χ4v) is 9.00. The number of carbonyl (C=O) groups is 1. The summed E-state index contributed by atoms with van der Waals surface area (Å²) in [7, 11) is -1.85. The van der Waals surface area contributed by atoms with Crippen molar-refractivity contribution in [1.29, 1.82) is 0 Å². The molecule has 1 aromatic heterocycles. The summed E-state index contributed by atoms with van der Waals surface area (Å²) in [5, 5.41) is 0. The number of aromatic nitrogens is 2. The highest BCUT2D eigenvalue weighted by Gasteiger charge is 2.42. The van der Waals surface area contributed by atoms with Crippen molar-refractivity contribution in [2.24, 2.45) is 5.92 Å². The molecular formula is C30H41F2N5O4S. The molecule has 0 N–H and O–H groups in total.